The highest BCUT2D eigenvalue weighted by atomic mass is 16.4. The number of aliphatic hydroxyl groups is 1. The molecule has 0 aromatic heterocycles. The van der Waals surface area contributed by atoms with Crippen molar-refractivity contribution in [2.24, 2.45) is 0 Å². The molecule has 2 atom stereocenters. The molecular formula is C10H19NO3. The molecule has 0 radical (unpaired) electrons. The molecule has 0 aromatic rings. The van der Waals surface area contributed by atoms with Crippen LogP contribution in [-0.2, 0) is 4.79 Å². The minimum atomic E-state index is -0.770. The van der Waals surface area contributed by atoms with E-state index in [0.717, 1.165) is 12.8 Å². The zero-order valence-electron chi connectivity index (χ0n) is 8.81. The summed E-state index contributed by atoms with van der Waals surface area (Å²) in [7, 11) is 0. The molecule has 0 saturated heterocycles. The smallest absolute Gasteiger partial charge is 0.304 e. The summed E-state index contributed by atoms with van der Waals surface area (Å²) < 4.78 is 0. The van der Waals surface area contributed by atoms with Crippen LogP contribution in [-0.4, -0.2) is 45.8 Å². The van der Waals surface area contributed by atoms with Crippen LogP contribution in [0.4, 0.5) is 0 Å². The SMILES string of the molecule is CC(O)C(C)N(CCC(=O)O)C1CC1. The van der Waals surface area contributed by atoms with Crippen molar-refractivity contribution in [3.8, 4) is 0 Å². The third kappa shape index (κ3) is 3.27. The monoisotopic (exact) mass is 201 g/mol. The Morgan fingerprint density at radius 1 is 1.50 bits per heavy atom. The highest BCUT2D eigenvalue weighted by Crippen LogP contribution is 2.29. The molecule has 82 valence electrons. The van der Waals surface area contributed by atoms with Gasteiger partial charge in [-0.1, -0.05) is 0 Å². The predicted molar refractivity (Wildman–Crippen MR) is 53.1 cm³/mol. The number of aliphatic carboxylic acids is 1. The second-order valence-corrected chi connectivity index (χ2v) is 4.09. The lowest BCUT2D eigenvalue weighted by Gasteiger charge is -2.30. The van der Waals surface area contributed by atoms with Gasteiger partial charge in [-0.15, -0.1) is 0 Å². The van der Waals surface area contributed by atoms with E-state index in [-0.39, 0.29) is 12.5 Å². The number of hydrogen-bond donors (Lipinski definition) is 2. The number of carboxylic acid groups (broad SMARTS) is 1. The molecular weight excluding hydrogens is 182 g/mol. The van der Waals surface area contributed by atoms with Crippen molar-refractivity contribution in [3.63, 3.8) is 0 Å². The molecule has 14 heavy (non-hydrogen) atoms. The molecule has 1 saturated carbocycles. The second-order valence-electron chi connectivity index (χ2n) is 4.09. The van der Waals surface area contributed by atoms with E-state index in [1.165, 1.54) is 0 Å². The van der Waals surface area contributed by atoms with Crippen LogP contribution in [0.1, 0.15) is 33.1 Å². The van der Waals surface area contributed by atoms with E-state index in [1.54, 1.807) is 6.92 Å². The van der Waals surface area contributed by atoms with Crippen molar-refractivity contribution in [1.82, 2.24) is 4.90 Å². The first-order valence-electron chi connectivity index (χ1n) is 5.18. The number of rotatable bonds is 6. The fourth-order valence-electron chi connectivity index (χ4n) is 1.63. The molecule has 4 heteroatoms. The molecule has 0 amide bonds. The van der Waals surface area contributed by atoms with E-state index in [2.05, 4.69) is 4.90 Å². The highest BCUT2D eigenvalue weighted by Gasteiger charge is 2.33. The fourth-order valence-corrected chi connectivity index (χ4v) is 1.63. The van der Waals surface area contributed by atoms with Gasteiger partial charge in [0.2, 0.25) is 0 Å². The van der Waals surface area contributed by atoms with E-state index < -0.39 is 12.1 Å². The lowest BCUT2D eigenvalue weighted by Crippen LogP contribution is -2.42. The van der Waals surface area contributed by atoms with Crippen LogP contribution >= 0.6 is 0 Å². The Morgan fingerprint density at radius 3 is 2.43 bits per heavy atom. The molecule has 2 N–H and O–H groups in total. The summed E-state index contributed by atoms with van der Waals surface area (Å²) >= 11 is 0. The van der Waals surface area contributed by atoms with Gasteiger partial charge in [0.1, 0.15) is 0 Å². The van der Waals surface area contributed by atoms with Gasteiger partial charge < -0.3 is 10.2 Å². The number of carbonyl (C=O) groups is 1. The van der Waals surface area contributed by atoms with Crippen LogP contribution < -0.4 is 0 Å². The lowest BCUT2D eigenvalue weighted by atomic mass is 10.1. The van der Waals surface area contributed by atoms with Crippen LogP contribution in [0.5, 0.6) is 0 Å². The van der Waals surface area contributed by atoms with Crippen LogP contribution in [0, 0.1) is 0 Å². The van der Waals surface area contributed by atoms with Crippen LogP contribution in [0.2, 0.25) is 0 Å². The summed E-state index contributed by atoms with van der Waals surface area (Å²) in [6, 6.07) is 0.556. The van der Waals surface area contributed by atoms with Crippen molar-refractivity contribution >= 4 is 5.97 Å². The second kappa shape index (κ2) is 4.75. The third-order valence-electron chi connectivity index (χ3n) is 2.82. The van der Waals surface area contributed by atoms with Gasteiger partial charge in [-0.05, 0) is 26.7 Å². The Kier molecular flexibility index (Phi) is 3.89. The molecule has 0 spiro atoms. The van der Waals surface area contributed by atoms with E-state index in [1.807, 2.05) is 6.92 Å². The lowest BCUT2D eigenvalue weighted by molar-refractivity contribution is -0.137. The summed E-state index contributed by atoms with van der Waals surface area (Å²) in [5.74, 6) is -0.770. The zero-order valence-corrected chi connectivity index (χ0v) is 8.81. The van der Waals surface area contributed by atoms with Crippen molar-refractivity contribution < 1.29 is 15.0 Å². The van der Waals surface area contributed by atoms with Gasteiger partial charge in [0, 0.05) is 18.6 Å². The molecule has 4 nitrogen and oxygen atoms in total. The normalized spacial score (nSPS) is 20.9. The Labute approximate surface area is 84.5 Å². The number of aliphatic hydroxyl groups excluding tert-OH is 1. The Morgan fingerprint density at radius 2 is 2.07 bits per heavy atom. The van der Waals surface area contributed by atoms with E-state index >= 15 is 0 Å². The maximum absolute atomic E-state index is 10.5. The molecule has 0 aliphatic heterocycles. The zero-order chi connectivity index (χ0) is 10.7. The highest BCUT2D eigenvalue weighted by molar-refractivity contribution is 5.66. The molecule has 1 fully saturated rings. The van der Waals surface area contributed by atoms with Gasteiger partial charge in [-0.2, -0.15) is 0 Å². The topological polar surface area (TPSA) is 60.8 Å². The standard InChI is InChI=1S/C10H19NO3/c1-7(8(2)12)11(9-3-4-9)6-5-10(13)14/h7-9,12H,3-6H2,1-2H3,(H,13,14). The first-order chi connectivity index (χ1) is 6.52. The summed E-state index contributed by atoms with van der Waals surface area (Å²) in [6.07, 6.45) is 2.03. The van der Waals surface area contributed by atoms with Gasteiger partial charge >= 0.3 is 5.97 Å². The average Bonchev–Trinajstić information content (AvgIpc) is 2.87. The Bertz CT molecular complexity index is 202. The van der Waals surface area contributed by atoms with Crippen LogP contribution in [0.25, 0.3) is 0 Å². The van der Waals surface area contributed by atoms with Crippen molar-refractivity contribution in [3.05, 3.63) is 0 Å². The summed E-state index contributed by atoms with van der Waals surface area (Å²) in [5.41, 5.74) is 0. The van der Waals surface area contributed by atoms with Crippen molar-refractivity contribution in [2.75, 3.05) is 6.54 Å². The third-order valence-corrected chi connectivity index (χ3v) is 2.82. The quantitative estimate of drug-likeness (QED) is 0.664. The summed E-state index contributed by atoms with van der Waals surface area (Å²) in [4.78, 5) is 12.6. The van der Waals surface area contributed by atoms with Crippen LogP contribution in [0.3, 0.4) is 0 Å². The van der Waals surface area contributed by atoms with E-state index in [0.29, 0.717) is 12.6 Å². The maximum atomic E-state index is 10.5. The van der Waals surface area contributed by atoms with Gasteiger partial charge in [-0.3, -0.25) is 9.69 Å². The van der Waals surface area contributed by atoms with Gasteiger partial charge in [0.05, 0.1) is 12.5 Å². The molecule has 1 aliphatic carbocycles. The van der Waals surface area contributed by atoms with E-state index in [9.17, 15) is 9.90 Å². The van der Waals surface area contributed by atoms with E-state index in [4.69, 9.17) is 5.11 Å². The summed E-state index contributed by atoms with van der Waals surface area (Å²) in [6.45, 7) is 4.25. The molecule has 0 bridgehead atoms. The average molecular weight is 201 g/mol. The number of carboxylic acids is 1. The molecule has 2 unspecified atom stereocenters. The minimum Gasteiger partial charge on any atom is -0.481 e. The molecule has 0 aromatic carbocycles. The molecule has 1 aliphatic rings. The Balaban J connectivity index is 2.42. The molecule has 0 heterocycles. The van der Waals surface area contributed by atoms with Crippen molar-refractivity contribution in [1.29, 1.82) is 0 Å². The Hall–Kier alpha value is -0.610. The fraction of sp³-hybridized carbons (Fsp3) is 0.900. The molecule has 1 rings (SSSR count). The first-order valence-corrected chi connectivity index (χ1v) is 5.18. The van der Waals surface area contributed by atoms with Gasteiger partial charge in [0.15, 0.2) is 0 Å². The van der Waals surface area contributed by atoms with Gasteiger partial charge in [0.25, 0.3) is 0 Å². The summed E-state index contributed by atoms with van der Waals surface area (Å²) in [5, 5.41) is 18.0. The minimum absolute atomic E-state index is 0.0573. The van der Waals surface area contributed by atoms with Gasteiger partial charge in [-0.25, -0.2) is 0 Å². The van der Waals surface area contributed by atoms with Crippen molar-refractivity contribution in [2.45, 2.75) is 51.3 Å². The first kappa shape index (κ1) is 11.5. The number of nitrogens with zero attached hydrogens (tertiary/aromatic N) is 1. The maximum Gasteiger partial charge on any atom is 0.304 e. The van der Waals surface area contributed by atoms with Crippen LogP contribution in [0.15, 0.2) is 0 Å². The number of hydrogen-bond acceptors (Lipinski definition) is 3. The predicted octanol–water partition coefficient (Wildman–Crippen LogP) is 0.695. The largest absolute Gasteiger partial charge is 0.481 e.